The van der Waals surface area contributed by atoms with Crippen LogP contribution in [-0.2, 0) is 14.3 Å². The van der Waals surface area contributed by atoms with Crippen molar-refractivity contribution in [2.45, 2.75) is 33.6 Å². The largest absolute Gasteiger partial charge is 0.466 e. The monoisotopic (exact) mass is 277 g/mol. The summed E-state index contributed by atoms with van der Waals surface area (Å²) in [4.78, 5) is 25.1. The zero-order chi connectivity index (χ0) is 15.0. The smallest absolute Gasteiger partial charge is 0.306 e. The Morgan fingerprint density at radius 2 is 1.75 bits per heavy atom. The number of carbonyl (C=O) groups is 2. The molecular weight excluding hydrogens is 254 g/mol. The minimum atomic E-state index is -0.306. The van der Waals surface area contributed by atoms with Crippen LogP contribution in [0.2, 0.25) is 0 Å². The lowest BCUT2D eigenvalue weighted by Gasteiger charge is -2.22. The molecule has 0 saturated carbocycles. The van der Waals surface area contributed by atoms with Crippen LogP contribution in [0.4, 0.5) is 5.69 Å². The van der Waals surface area contributed by atoms with E-state index in [2.05, 4.69) is 0 Å². The van der Waals surface area contributed by atoms with Crippen molar-refractivity contribution in [1.29, 1.82) is 0 Å². The lowest BCUT2D eigenvalue weighted by molar-refractivity contribution is -0.144. The van der Waals surface area contributed by atoms with Crippen LogP contribution < -0.4 is 4.90 Å². The van der Waals surface area contributed by atoms with Crippen molar-refractivity contribution < 1.29 is 14.3 Å². The number of rotatable bonds is 8. The van der Waals surface area contributed by atoms with E-state index in [0.717, 1.165) is 12.2 Å². The predicted molar refractivity (Wildman–Crippen MR) is 79.9 cm³/mol. The van der Waals surface area contributed by atoms with Crippen molar-refractivity contribution in [2.75, 3.05) is 24.6 Å². The van der Waals surface area contributed by atoms with Crippen LogP contribution in [0.3, 0.4) is 0 Å². The molecule has 0 heterocycles. The molecule has 0 aliphatic heterocycles. The number of ether oxygens (including phenoxy) is 1. The van der Waals surface area contributed by atoms with Gasteiger partial charge in [0, 0.05) is 18.7 Å². The molecule has 0 amide bonds. The van der Waals surface area contributed by atoms with E-state index in [1.165, 1.54) is 5.56 Å². The van der Waals surface area contributed by atoms with Gasteiger partial charge in [0.2, 0.25) is 0 Å². The van der Waals surface area contributed by atoms with Crippen molar-refractivity contribution >= 4 is 17.4 Å². The number of benzene rings is 1. The molecule has 110 valence electrons. The summed E-state index contributed by atoms with van der Waals surface area (Å²) >= 11 is 0. The molecule has 0 aliphatic rings. The van der Waals surface area contributed by atoms with Gasteiger partial charge < -0.3 is 9.64 Å². The summed E-state index contributed by atoms with van der Waals surface area (Å²) in [5.41, 5.74) is 2.22. The number of carbonyl (C=O) groups excluding carboxylic acids is 2. The minimum Gasteiger partial charge on any atom is -0.466 e. The Balaban J connectivity index is 2.49. The fourth-order valence-electron chi connectivity index (χ4n) is 1.91. The Hall–Kier alpha value is -1.84. The van der Waals surface area contributed by atoms with E-state index < -0.39 is 0 Å². The third-order valence-corrected chi connectivity index (χ3v) is 3.06. The van der Waals surface area contributed by atoms with Crippen LogP contribution in [0.1, 0.15) is 32.3 Å². The minimum absolute atomic E-state index is 0.0560. The summed E-state index contributed by atoms with van der Waals surface area (Å²) in [7, 11) is 0. The highest BCUT2D eigenvalue weighted by Crippen LogP contribution is 2.15. The van der Waals surface area contributed by atoms with Crippen LogP contribution in [-0.4, -0.2) is 31.4 Å². The zero-order valence-corrected chi connectivity index (χ0v) is 12.5. The number of aryl methyl sites for hydroxylation is 1. The highest BCUT2D eigenvalue weighted by Gasteiger charge is 2.12. The standard InChI is InChI=1S/C16H23NO3/c1-4-17(14-8-6-13(3)7-9-14)12-15(18)10-11-16(19)20-5-2/h6-9H,4-5,10-12H2,1-3H3. The first kappa shape index (κ1) is 16.2. The van der Waals surface area contributed by atoms with Gasteiger partial charge in [0.05, 0.1) is 19.6 Å². The molecule has 4 nitrogen and oxygen atoms in total. The van der Waals surface area contributed by atoms with Gasteiger partial charge in [-0.05, 0) is 32.9 Å². The van der Waals surface area contributed by atoms with Crippen LogP contribution in [0.5, 0.6) is 0 Å². The van der Waals surface area contributed by atoms with Gasteiger partial charge in [-0.15, -0.1) is 0 Å². The number of hydrogen-bond donors (Lipinski definition) is 0. The first-order valence-corrected chi connectivity index (χ1v) is 7.05. The summed E-state index contributed by atoms with van der Waals surface area (Å²) in [5.74, 6) is -0.250. The third kappa shape index (κ3) is 5.43. The maximum absolute atomic E-state index is 11.9. The van der Waals surface area contributed by atoms with Crippen molar-refractivity contribution in [3.63, 3.8) is 0 Å². The molecule has 0 bridgehead atoms. The second kappa shape index (κ2) is 8.35. The van der Waals surface area contributed by atoms with Gasteiger partial charge in [-0.1, -0.05) is 17.7 Å². The average molecular weight is 277 g/mol. The van der Waals surface area contributed by atoms with E-state index in [0.29, 0.717) is 13.2 Å². The first-order valence-electron chi connectivity index (χ1n) is 7.05. The third-order valence-electron chi connectivity index (χ3n) is 3.06. The number of hydrogen-bond acceptors (Lipinski definition) is 4. The molecule has 0 radical (unpaired) electrons. The fraction of sp³-hybridized carbons (Fsp3) is 0.500. The quantitative estimate of drug-likeness (QED) is 0.685. The van der Waals surface area contributed by atoms with Crippen LogP contribution in [0.25, 0.3) is 0 Å². The Kier molecular flexibility index (Phi) is 6.77. The molecular formula is C16H23NO3. The van der Waals surface area contributed by atoms with E-state index in [1.54, 1.807) is 6.92 Å². The summed E-state index contributed by atoms with van der Waals surface area (Å²) < 4.78 is 4.82. The van der Waals surface area contributed by atoms with Gasteiger partial charge >= 0.3 is 5.97 Å². The van der Waals surface area contributed by atoms with Gasteiger partial charge in [-0.25, -0.2) is 0 Å². The lowest BCUT2D eigenvalue weighted by Crippen LogP contribution is -2.29. The number of likely N-dealkylation sites (N-methyl/N-ethyl adjacent to an activating group) is 1. The molecule has 20 heavy (non-hydrogen) atoms. The Morgan fingerprint density at radius 3 is 2.30 bits per heavy atom. The van der Waals surface area contributed by atoms with E-state index in [9.17, 15) is 9.59 Å². The number of anilines is 1. The van der Waals surface area contributed by atoms with E-state index in [-0.39, 0.29) is 24.6 Å². The molecule has 0 N–H and O–H groups in total. The van der Waals surface area contributed by atoms with E-state index >= 15 is 0 Å². The molecule has 0 aromatic heterocycles. The molecule has 0 aliphatic carbocycles. The summed E-state index contributed by atoms with van der Waals surface area (Å²) in [6, 6.07) is 8.08. The molecule has 1 aromatic rings. The van der Waals surface area contributed by atoms with Gasteiger partial charge in [-0.2, -0.15) is 0 Å². The number of ketones is 1. The van der Waals surface area contributed by atoms with Gasteiger partial charge in [-0.3, -0.25) is 9.59 Å². The van der Waals surface area contributed by atoms with Crippen LogP contribution in [0, 0.1) is 6.92 Å². The molecule has 0 unspecified atom stereocenters. The number of esters is 1. The Labute approximate surface area is 120 Å². The summed E-state index contributed by atoms with van der Waals surface area (Å²) in [6.45, 7) is 7.25. The first-order chi connectivity index (χ1) is 9.56. The lowest BCUT2D eigenvalue weighted by atomic mass is 10.1. The molecule has 0 atom stereocenters. The maximum atomic E-state index is 11.9. The van der Waals surface area contributed by atoms with Crippen molar-refractivity contribution in [1.82, 2.24) is 0 Å². The molecule has 4 heteroatoms. The second-order valence-electron chi connectivity index (χ2n) is 4.69. The number of nitrogens with zero attached hydrogens (tertiary/aromatic N) is 1. The normalized spacial score (nSPS) is 10.2. The summed E-state index contributed by atoms with van der Waals surface area (Å²) in [6.07, 6.45) is 0.402. The molecule has 0 fully saturated rings. The second-order valence-corrected chi connectivity index (χ2v) is 4.69. The van der Waals surface area contributed by atoms with Crippen molar-refractivity contribution in [2.24, 2.45) is 0 Å². The highest BCUT2D eigenvalue weighted by molar-refractivity contribution is 5.86. The predicted octanol–water partition coefficient (Wildman–Crippen LogP) is 2.73. The highest BCUT2D eigenvalue weighted by atomic mass is 16.5. The average Bonchev–Trinajstić information content (AvgIpc) is 2.44. The Morgan fingerprint density at radius 1 is 1.10 bits per heavy atom. The van der Waals surface area contributed by atoms with Crippen LogP contribution in [0.15, 0.2) is 24.3 Å². The SMILES string of the molecule is CCOC(=O)CCC(=O)CN(CC)c1ccc(C)cc1. The van der Waals surface area contributed by atoms with Gasteiger partial charge in [0.25, 0.3) is 0 Å². The maximum Gasteiger partial charge on any atom is 0.306 e. The zero-order valence-electron chi connectivity index (χ0n) is 12.5. The van der Waals surface area contributed by atoms with Crippen molar-refractivity contribution in [3.05, 3.63) is 29.8 Å². The fourth-order valence-corrected chi connectivity index (χ4v) is 1.91. The topological polar surface area (TPSA) is 46.6 Å². The van der Waals surface area contributed by atoms with Crippen LogP contribution >= 0.6 is 0 Å². The summed E-state index contributed by atoms with van der Waals surface area (Å²) in [5, 5.41) is 0. The van der Waals surface area contributed by atoms with Gasteiger partial charge in [0.15, 0.2) is 5.78 Å². The van der Waals surface area contributed by atoms with Gasteiger partial charge in [0.1, 0.15) is 0 Å². The molecule has 1 rings (SSSR count). The van der Waals surface area contributed by atoms with Crippen molar-refractivity contribution in [3.8, 4) is 0 Å². The van der Waals surface area contributed by atoms with E-state index in [1.807, 2.05) is 43.0 Å². The molecule has 0 spiro atoms. The molecule has 1 aromatic carbocycles. The Bertz CT molecular complexity index is 440. The molecule has 0 saturated heterocycles. The number of Topliss-reactive ketones (excluding diaryl/α,β-unsaturated/α-hetero) is 1. The van der Waals surface area contributed by atoms with E-state index in [4.69, 9.17) is 4.74 Å².